The van der Waals surface area contributed by atoms with E-state index in [9.17, 15) is 5.11 Å². The van der Waals surface area contributed by atoms with Crippen LogP contribution in [0.25, 0.3) is 0 Å². The number of hydrogen-bond acceptors (Lipinski definition) is 3. The molecule has 1 heterocycles. The van der Waals surface area contributed by atoms with Crippen molar-refractivity contribution in [3.8, 4) is 5.75 Å². The Kier molecular flexibility index (Phi) is 3.79. The topological polar surface area (TPSA) is 50.1 Å². The zero-order chi connectivity index (χ0) is 14.7. The Morgan fingerprint density at radius 2 is 1.90 bits per heavy atom. The smallest absolute Gasteiger partial charge is 0.194 e. The van der Waals surface area contributed by atoms with Crippen molar-refractivity contribution in [1.29, 1.82) is 0 Å². The Morgan fingerprint density at radius 1 is 1.10 bits per heavy atom. The van der Waals surface area contributed by atoms with Crippen LogP contribution in [-0.2, 0) is 6.54 Å². The molecule has 106 valence electrons. The minimum atomic E-state index is 0.103. The summed E-state index contributed by atoms with van der Waals surface area (Å²) in [6.07, 6.45) is 1.60. The summed E-state index contributed by atoms with van der Waals surface area (Å²) in [5.74, 6) is 0.513. The number of nitrogens with zero attached hydrogens (tertiary/aromatic N) is 2. The van der Waals surface area contributed by atoms with Gasteiger partial charge in [0.1, 0.15) is 0 Å². The van der Waals surface area contributed by atoms with Gasteiger partial charge in [-0.2, -0.15) is 5.10 Å². The highest BCUT2D eigenvalue weighted by atomic mass is 35.5. The number of hydrogen-bond donors (Lipinski definition) is 2. The number of nitrogens with one attached hydrogen (secondary N) is 1. The summed E-state index contributed by atoms with van der Waals surface area (Å²) in [7, 11) is 0. The summed E-state index contributed by atoms with van der Waals surface area (Å²) in [5, 5.41) is 18.0. The van der Waals surface area contributed by atoms with Crippen molar-refractivity contribution < 1.29 is 5.11 Å². The average molecular weight is 300 g/mol. The molecule has 0 saturated carbocycles. The second-order valence-corrected chi connectivity index (χ2v) is 5.12. The monoisotopic (exact) mass is 299 g/mol. The van der Waals surface area contributed by atoms with Crippen LogP contribution in [0, 0.1) is 0 Å². The highest BCUT2D eigenvalue weighted by Crippen LogP contribution is 2.26. The molecule has 5 heteroatoms. The molecule has 2 N–H and O–H groups in total. The molecule has 0 fully saturated rings. The van der Waals surface area contributed by atoms with Crippen LogP contribution in [0.15, 0.2) is 60.8 Å². The minimum Gasteiger partial charge on any atom is -0.503 e. The molecule has 21 heavy (non-hydrogen) atoms. The molecule has 2 aromatic carbocycles. The SMILES string of the molecule is Oc1cn(Cc2ccccc2)nc1Nc1cccc(Cl)c1. The molecule has 0 radical (unpaired) electrons. The molecule has 4 nitrogen and oxygen atoms in total. The second kappa shape index (κ2) is 5.89. The fourth-order valence-electron chi connectivity index (χ4n) is 2.05. The van der Waals surface area contributed by atoms with Gasteiger partial charge in [0.05, 0.1) is 12.7 Å². The van der Waals surface area contributed by atoms with Gasteiger partial charge in [-0.25, -0.2) is 0 Å². The second-order valence-electron chi connectivity index (χ2n) is 4.68. The normalized spacial score (nSPS) is 10.5. The first-order valence-electron chi connectivity index (χ1n) is 6.53. The van der Waals surface area contributed by atoms with Gasteiger partial charge in [-0.1, -0.05) is 48.0 Å². The molecule has 0 aliphatic carbocycles. The summed E-state index contributed by atoms with van der Waals surface area (Å²) in [4.78, 5) is 0. The van der Waals surface area contributed by atoms with Gasteiger partial charge in [-0.05, 0) is 23.8 Å². The third-order valence-corrected chi connectivity index (χ3v) is 3.25. The zero-order valence-electron chi connectivity index (χ0n) is 11.2. The third-order valence-electron chi connectivity index (χ3n) is 3.02. The van der Waals surface area contributed by atoms with Crippen molar-refractivity contribution in [2.24, 2.45) is 0 Å². The lowest BCUT2D eigenvalue weighted by molar-refractivity contribution is 0.476. The molecule has 0 aliphatic rings. The van der Waals surface area contributed by atoms with Gasteiger partial charge in [0.15, 0.2) is 11.6 Å². The zero-order valence-corrected chi connectivity index (χ0v) is 12.0. The maximum Gasteiger partial charge on any atom is 0.194 e. The van der Waals surface area contributed by atoms with Crippen LogP contribution in [0.1, 0.15) is 5.56 Å². The molecule has 1 aromatic heterocycles. The minimum absolute atomic E-state index is 0.103. The van der Waals surface area contributed by atoms with Crippen LogP contribution < -0.4 is 5.32 Å². The predicted molar refractivity (Wildman–Crippen MR) is 84.2 cm³/mol. The standard InChI is InChI=1S/C16H14ClN3O/c17-13-7-4-8-14(9-13)18-16-15(21)11-20(19-16)10-12-5-2-1-3-6-12/h1-9,11,21H,10H2,(H,18,19). The third kappa shape index (κ3) is 3.35. The Balaban J connectivity index is 1.78. The first-order valence-corrected chi connectivity index (χ1v) is 6.91. The molecule has 3 aromatic rings. The molecular weight excluding hydrogens is 286 g/mol. The van der Waals surface area contributed by atoms with Crippen molar-refractivity contribution in [3.63, 3.8) is 0 Å². The summed E-state index contributed by atoms with van der Waals surface area (Å²) in [5.41, 5.74) is 1.90. The Bertz CT molecular complexity index is 740. The lowest BCUT2D eigenvalue weighted by Gasteiger charge is -2.04. The van der Waals surface area contributed by atoms with Gasteiger partial charge in [-0.15, -0.1) is 0 Å². The van der Waals surface area contributed by atoms with Crippen molar-refractivity contribution in [1.82, 2.24) is 9.78 Å². The van der Waals surface area contributed by atoms with E-state index in [1.165, 1.54) is 0 Å². The van der Waals surface area contributed by atoms with Crippen LogP contribution in [0.5, 0.6) is 5.75 Å². The first kappa shape index (κ1) is 13.5. The number of anilines is 2. The number of aromatic hydroxyl groups is 1. The largest absolute Gasteiger partial charge is 0.503 e. The Hall–Kier alpha value is -2.46. The molecular formula is C16H14ClN3O. The predicted octanol–water partition coefficient (Wildman–Crippen LogP) is 4.03. The number of halogens is 1. The highest BCUT2D eigenvalue weighted by Gasteiger charge is 2.08. The number of aromatic nitrogens is 2. The highest BCUT2D eigenvalue weighted by molar-refractivity contribution is 6.30. The molecule has 3 rings (SSSR count). The van der Waals surface area contributed by atoms with Crippen LogP contribution in [-0.4, -0.2) is 14.9 Å². The van der Waals surface area contributed by atoms with E-state index >= 15 is 0 Å². The Morgan fingerprint density at radius 3 is 2.67 bits per heavy atom. The Labute approximate surface area is 127 Å². The summed E-state index contributed by atoms with van der Waals surface area (Å²) < 4.78 is 1.69. The molecule has 0 unspecified atom stereocenters. The van der Waals surface area contributed by atoms with Gasteiger partial charge < -0.3 is 10.4 Å². The van der Waals surface area contributed by atoms with Gasteiger partial charge in [0.25, 0.3) is 0 Å². The van der Waals surface area contributed by atoms with E-state index in [2.05, 4.69) is 10.4 Å². The van der Waals surface area contributed by atoms with E-state index in [1.54, 1.807) is 23.0 Å². The first-order chi connectivity index (χ1) is 10.2. The van der Waals surface area contributed by atoms with E-state index < -0.39 is 0 Å². The quantitative estimate of drug-likeness (QED) is 0.764. The summed E-state index contributed by atoms with van der Waals surface area (Å²) in [6.45, 7) is 0.603. The maximum absolute atomic E-state index is 9.96. The van der Waals surface area contributed by atoms with Crippen LogP contribution in [0.2, 0.25) is 5.02 Å². The lowest BCUT2D eigenvalue weighted by atomic mass is 10.2. The number of rotatable bonds is 4. The van der Waals surface area contributed by atoms with Crippen molar-refractivity contribution in [2.45, 2.75) is 6.54 Å². The molecule has 0 saturated heterocycles. The lowest BCUT2D eigenvalue weighted by Crippen LogP contribution is -2.01. The molecule has 0 atom stereocenters. The van der Waals surface area contributed by atoms with E-state index in [0.29, 0.717) is 17.4 Å². The van der Waals surface area contributed by atoms with Crippen LogP contribution >= 0.6 is 11.6 Å². The van der Waals surface area contributed by atoms with Gasteiger partial charge in [0, 0.05) is 10.7 Å². The maximum atomic E-state index is 9.96. The number of benzene rings is 2. The van der Waals surface area contributed by atoms with Crippen molar-refractivity contribution >= 4 is 23.1 Å². The molecule has 0 aliphatic heterocycles. The van der Waals surface area contributed by atoms with E-state index in [1.807, 2.05) is 42.5 Å². The average Bonchev–Trinajstić information content (AvgIpc) is 2.80. The summed E-state index contributed by atoms with van der Waals surface area (Å²) >= 11 is 5.94. The molecule has 0 spiro atoms. The fraction of sp³-hybridized carbons (Fsp3) is 0.0625. The summed E-state index contributed by atoms with van der Waals surface area (Å²) in [6, 6.07) is 17.2. The molecule has 0 amide bonds. The van der Waals surface area contributed by atoms with E-state index in [0.717, 1.165) is 11.3 Å². The van der Waals surface area contributed by atoms with E-state index in [-0.39, 0.29) is 5.75 Å². The van der Waals surface area contributed by atoms with Crippen molar-refractivity contribution in [2.75, 3.05) is 5.32 Å². The van der Waals surface area contributed by atoms with Gasteiger partial charge in [0.2, 0.25) is 0 Å². The van der Waals surface area contributed by atoms with E-state index in [4.69, 9.17) is 11.6 Å². The van der Waals surface area contributed by atoms with Crippen molar-refractivity contribution in [3.05, 3.63) is 71.4 Å². The van der Waals surface area contributed by atoms with Gasteiger partial charge in [-0.3, -0.25) is 4.68 Å². The van der Waals surface area contributed by atoms with Crippen LogP contribution in [0.4, 0.5) is 11.5 Å². The van der Waals surface area contributed by atoms with Gasteiger partial charge >= 0.3 is 0 Å². The molecule has 0 bridgehead atoms. The fourth-order valence-corrected chi connectivity index (χ4v) is 2.24. The van der Waals surface area contributed by atoms with Crippen LogP contribution in [0.3, 0.4) is 0 Å².